The topological polar surface area (TPSA) is 74.8 Å². The van der Waals surface area contributed by atoms with Crippen LogP contribution in [-0.4, -0.2) is 19.3 Å². The SMILES string of the molecule is [N-]=[N+]=NCC(CN)C(F)(F)F. The van der Waals surface area contributed by atoms with Crippen LogP contribution in [0.4, 0.5) is 13.2 Å². The molecule has 0 saturated carbocycles. The van der Waals surface area contributed by atoms with E-state index in [2.05, 4.69) is 10.0 Å². The Hall–Kier alpha value is -0.940. The van der Waals surface area contributed by atoms with Gasteiger partial charge >= 0.3 is 6.18 Å². The predicted molar refractivity (Wildman–Crippen MR) is 32.6 cm³/mol. The number of alkyl halides is 3. The first-order valence-electron chi connectivity index (χ1n) is 2.80. The second-order valence-electron chi connectivity index (χ2n) is 1.89. The number of nitrogens with zero attached hydrogens (tertiary/aromatic N) is 3. The maximum Gasteiger partial charge on any atom is 0.393 e. The fourth-order valence-electron chi connectivity index (χ4n) is 0.447. The molecule has 1 unspecified atom stereocenters. The Morgan fingerprint density at radius 1 is 1.55 bits per heavy atom. The van der Waals surface area contributed by atoms with Crippen LogP contribution in [-0.2, 0) is 0 Å². The number of rotatable bonds is 3. The molecule has 0 bridgehead atoms. The first-order valence-corrected chi connectivity index (χ1v) is 2.80. The summed E-state index contributed by atoms with van der Waals surface area (Å²) in [7, 11) is 0. The predicted octanol–water partition coefficient (Wildman–Crippen LogP) is 1.43. The molecule has 0 radical (unpaired) electrons. The summed E-state index contributed by atoms with van der Waals surface area (Å²) in [5.74, 6) is -1.72. The molecule has 0 heterocycles. The normalized spacial score (nSPS) is 13.8. The van der Waals surface area contributed by atoms with E-state index in [0.717, 1.165) is 0 Å². The van der Waals surface area contributed by atoms with Crippen LogP contribution in [0.25, 0.3) is 10.4 Å². The summed E-state index contributed by atoms with van der Waals surface area (Å²) in [6.07, 6.45) is -4.37. The van der Waals surface area contributed by atoms with Crippen LogP contribution in [0.5, 0.6) is 0 Å². The highest BCUT2D eigenvalue weighted by atomic mass is 19.4. The number of hydrogen-bond donors (Lipinski definition) is 1. The lowest BCUT2D eigenvalue weighted by Crippen LogP contribution is -2.32. The third-order valence-electron chi connectivity index (χ3n) is 1.11. The molecule has 0 aliphatic heterocycles. The largest absolute Gasteiger partial charge is 0.393 e. The Labute approximate surface area is 60.8 Å². The van der Waals surface area contributed by atoms with Crippen molar-refractivity contribution in [2.45, 2.75) is 6.18 Å². The van der Waals surface area contributed by atoms with Crippen LogP contribution in [0.3, 0.4) is 0 Å². The Morgan fingerprint density at radius 2 is 2.09 bits per heavy atom. The van der Waals surface area contributed by atoms with Crippen molar-refractivity contribution in [1.82, 2.24) is 0 Å². The van der Waals surface area contributed by atoms with Gasteiger partial charge in [-0.15, -0.1) is 0 Å². The smallest absolute Gasteiger partial charge is 0.330 e. The molecule has 0 rings (SSSR count). The minimum absolute atomic E-state index is 0.553. The van der Waals surface area contributed by atoms with Crippen LogP contribution >= 0.6 is 0 Å². The van der Waals surface area contributed by atoms with Crippen molar-refractivity contribution in [3.8, 4) is 0 Å². The van der Waals surface area contributed by atoms with E-state index in [1.165, 1.54) is 0 Å². The second kappa shape index (κ2) is 4.05. The number of nitrogens with two attached hydrogens (primary N) is 1. The molecule has 0 aromatic carbocycles. The van der Waals surface area contributed by atoms with Gasteiger partial charge in [-0.1, -0.05) is 5.11 Å². The van der Waals surface area contributed by atoms with Crippen LogP contribution in [0.15, 0.2) is 5.11 Å². The third kappa shape index (κ3) is 3.69. The summed E-state index contributed by atoms with van der Waals surface area (Å²) in [6, 6.07) is 0. The van der Waals surface area contributed by atoms with Crippen LogP contribution in [0.1, 0.15) is 0 Å². The standard InChI is InChI=1S/C4H7F3N4/c5-4(6,7)3(1-8)2-10-11-9/h3H,1-2,8H2. The lowest BCUT2D eigenvalue weighted by atomic mass is 10.1. The Bertz CT molecular complexity index is 159. The van der Waals surface area contributed by atoms with Crippen molar-refractivity contribution in [3.05, 3.63) is 10.4 Å². The minimum atomic E-state index is -4.37. The molecular weight excluding hydrogens is 161 g/mol. The summed E-state index contributed by atoms with van der Waals surface area (Å²) in [5, 5.41) is 2.79. The van der Waals surface area contributed by atoms with E-state index in [9.17, 15) is 13.2 Å². The molecule has 7 heteroatoms. The summed E-state index contributed by atoms with van der Waals surface area (Å²) >= 11 is 0. The van der Waals surface area contributed by atoms with Gasteiger partial charge in [0.25, 0.3) is 0 Å². The number of azide groups is 1. The van der Waals surface area contributed by atoms with E-state index in [1.807, 2.05) is 0 Å². The van der Waals surface area contributed by atoms with E-state index in [4.69, 9.17) is 11.3 Å². The van der Waals surface area contributed by atoms with Crippen molar-refractivity contribution in [2.24, 2.45) is 16.8 Å². The molecular formula is C4H7F3N4. The van der Waals surface area contributed by atoms with Crippen LogP contribution < -0.4 is 5.73 Å². The third-order valence-corrected chi connectivity index (χ3v) is 1.11. The highest BCUT2D eigenvalue weighted by molar-refractivity contribution is 4.70. The number of hydrogen-bond acceptors (Lipinski definition) is 2. The molecule has 0 amide bonds. The maximum absolute atomic E-state index is 11.8. The molecule has 0 aliphatic carbocycles. The van der Waals surface area contributed by atoms with Crippen molar-refractivity contribution >= 4 is 0 Å². The molecule has 11 heavy (non-hydrogen) atoms. The molecule has 0 aromatic heterocycles. The average Bonchev–Trinajstić information content (AvgIpc) is 1.87. The van der Waals surface area contributed by atoms with Gasteiger partial charge in [0.2, 0.25) is 0 Å². The quantitative estimate of drug-likeness (QED) is 0.386. The fourth-order valence-corrected chi connectivity index (χ4v) is 0.447. The van der Waals surface area contributed by atoms with Gasteiger partial charge in [0.15, 0.2) is 0 Å². The van der Waals surface area contributed by atoms with Gasteiger partial charge in [0.1, 0.15) is 0 Å². The van der Waals surface area contributed by atoms with Crippen molar-refractivity contribution < 1.29 is 13.2 Å². The average molecular weight is 168 g/mol. The zero-order valence-electron chi connectivity index (χ0n) is 5.54. The highest BCUT2D eigenvalue weighted by Gasteiger charge is 2.37. The lowest BCUT2D eigenvalue weighted by molar-refractivity contribution is -0.168. The molecule has 0 aromatic rings. The van der Waals surface area contributed by atoms with E-state index < -0.39 is 25.2 Å². The monoisotopic (exact) mass is 168 g/mol. The maximum atomic E-state index is 11.8. The molecule has 4 nitrogen and oxygen atoms in total. The van der Waals surface area contributed by atoms with Gasteiger partial charge in [-0.05, 0) is 5.53 Å². The van der Waals surface area contributed by atoms with E-state index in [0.29, 0.717) is 0 Å². The fraction of sp³-hybridized carbons (Fsp3) is 1.00. The van der Waals surface area contributed by atoms with Gasteiger partial charge in [-0.3, -0.25) is 0 Å². The summed E-state index contributed by atoms with van der Waals surface area (Å²) < 4.78 is 35.3. The van der Waals surface area contributed by atoms with Crippen molar-refractivity contribution in [2.75, 3.05) is 13.1 Å². The molecule has 0 saturated heterocycles. The lowest BCUT2D eigenvalue weighted by Gasteiger charge is -2.15. The Kier molecular flexibility index (Phi) is 3.70. The zero-order chi connectivity index (χ0) is 8.91. The molecule has 64 valence electrons. The van der Waals surface area contributed by atoms with E-state index in [-0.39, 0.29) is 0 Å². The molecule has 0 aliphatic rings. The van der Waals surface area contributed by atoms with Gasteiger partial charge in [0, 0.05) is 18.0 Å². The summed E-state index contributed by atoms with van der Waals surface area (Å²) in [6.45, 7) is -1.18. The van der Waals surface area contributed by atoms with E-state index >= 15 is 0 Å². The van der Waals surface area contributed by atoms with Gasteiger partial charge in [-0.2, -0.15) is 13.2 Å². The van der Waals surface area contributed by atoms with Gasteiger partial charge < -0.3 is 5.73 Å². The molecule has 1 atom stereocenters. The number of halogens is 3. The Balaban J connectivity index is 4.06. The first kappa shape index (κ1) is 10.1. The molecule has 0 fully saturated rings. The van der Waals surface area contributed by atoms with Crippen molar-refractivity contribution in [3.63, 3.8) is 0 Å². The first-order chi connectivity index (χ1) is 5.02. The molecule has 0 spiro atoms. The van der Waals surface area contributed by atoms with Crippen LogP contribution in [0, 0.1) is 5.92 Å². The van der Waals surface area contributed by atoms with Gasteiger partial charge in [-0.25, -0.2) is 0 Å². The minimum Gasteiger partial charge on any atom is -0.330 e. The Morgan fingerprint density at radius 3 is 2.36 bits per heavy atom. The van der Waals surface area contributed by atoms with Crippen LogP contribution in [0.2, 0.25) is 0 Å². The highest BCUT2D eigenvalue weighted by Crippen LogP contribution is 2.25. The van der Waals surface area contributed by atoms with E-state index in [1.54, 1.807) is 0 Å². The second-order valence-corrected chi connectivity index (χ2v) is 1.89. The summed E-state index contributed by atoms with van der Waals surface area (Å²) in [5.41, 5.74) is 12.5. The molecule has 2 N–H and O–H groups in total. The van der Waals surface area contributed by atoms with Crippen molar-refractivity contribution in [1.29, 1.82) is 0 Å². The zero-order valence-corrected chi connectivity index (χ0v) is 5.54. The summed E-state index contributed by atoms with van der Waals surface area (Å²) in [4.78, 5) is 2.21. The van der Waals surface area contributed by atoms with Gasteiger partial charge in [0.05, 0.1) is 5.92 Å².